The van der Waals surface area contributed by atoms with Crippen molar-refractivity contribution in [1.82, 2.24) is 5.32 Å². The average Bonchev–Trinajstić information content (AvgIpc) is 2.55. The second-order valence-electron chi connectivity index (χ2n) is 4.24. The number of ether oxygens (including phenoxy) is 1. The van der Waals surface area contributed by atoms with Crippen molar-refractivity contribution in [3.05, 3.63) is 0 Å². The molecule has 0 aromatic heterocycles. The third-order valence-corrected chi connectivity index (χ3v) is 2.33. The van der Waals surface area contributed by atoms with Crippen LogP contribution in [-0.4, -0.2) is 35.9 Å². The van der Waals surface area contributed by atoms with Crippen LogP contribution >= 0.6 is 0 Å². The Morgan fingerprint density at radius 2 is 2.36 bits per heavy atom. The van der Waals surface area contributed by atoms with Crippen LogP contribution in [0.4, 0.5) is 0 Å². The number of carbonyl (C=O) groups excluding carboxylic acids is 1. The van der Waals surface area contributed by atoms with Crippen LogP contribution in [0, 0.1) is 0 Å². The van der Waals surface area contributed by atoms with Crippen molar-refractivity contribution in [3.8, 4) is 0 Å². The summed E-state index contributed by atoms with van der Waals surface area (Å²) in [5.41, 5.74) is -1.28. The monoisotopic (exact) mass is 201 g/mol. The first kappa shape index (κ1) is 11.5. The number of aliphatic hydroxyl groups is 1. The topological polar surface area (TPSA) is 58.6 Å². The molecule has 0 aromatic rings. The molecule has 1 heterocycles. The fraction of sp³-hybridized carbons (Fsp3) is 0.900. The molecule has 1 unspecified atom stereocenters. The van der Waals surface area contributed by atoms with Crippen LogP contribution in [0.15, 0.2) is 0 Å². The van der Waals surface area contributed by atoms with E-state index >= 15 is 0 Å². The Hall–Kier alpha value is -0.610. The fourth-order valence-corrected chi connectivity index (χ4v) is 1.44. The third kappa shape index (κ3) is 3.64. The summed E-state index contributed by atoms with van der Waals surface area (Å²) in [7, 11) is 0. The van der Waals surface area contributed by atoms with Crippen LogP contribution < -0.4 is 5.32 Å². The predicted molar refractivity (Wildman–Crippen MR) is 52.9 cm³/mol. The van der Waals surface area contributed by atoms with Gasteiger partial charge in [0.1, 0.15) is 5.60 Å². The van der Waals surface area contributed by atoms with E-state index in [2.05, 4.69) is 5.32 Å². The van der Waals surface area contributed by atoms with E-state index in [-0.39, 0.29) is 12.0 Å². The lowest BCUT2D eigenvalue weighted by atomic mass is 10.1. The molecule has 1 amide bonds. The Labute approximate surface area is 84.6 Å². The highest BCUT2D eigenvalue weighted by atomic mass is 16.5. The highest BCUT2D eigenvalue weighted by Gasteiger charge is 2.23. The summed E-state index contributed by atoms with van der Waals surface area (Å²) in [6.45, 7) is 4.38. The molecule has 0 aromatic carbocycles. The minimum Gasteiger partial charge on any atom is -0.381 e. The van der Waals surface area contributed by atoms with E-state index in [1.54, 1.807) is 0 Å². The standard InChI is InChI=1S/C10H19NO3/c1-10(2,13)9(12)11-6-5-8-4-3-7-14-8/h8,13H,3-7H2,1-2H3,(H,11,12). The van der Waals surface area contributed by atoms with Crippen molar-refractivity contribution in [3.63, 3.8) is 0 Å². The lowest BCUT2D eigenvalue weighted by Crippen LogP contribution is -2.42. The van der Waals surface area contributed by atoms with E-state index < -0.39 is 5.60 Å². The highest BCUT2D eigenvalue weighted by molar-refractivity contribution is 5.83. The van der Waals surface area contributed by atoms with Crippen LogP contribution in [0.2, 0.25) is 0 Å². The quantitative estimate of drug-likeness (QED) is 0.694. The number of nitrogens with one attached hydrogen (secondary N) is 1. The van der Waals surface area contributed by atoms with E-state index in [4.69, 9.17) is 4.74 Å². The molecule has 0 spiro atoms. The molecule has 0 saturated carbocycles. The number of carbonyl (C=O) groups is 1. The first-order valence-electron chi connectivity index (χ1n) is 5.12. The van der Waals surface area contributed by atoms with Gasteiger partial charge >= 0.3 is 0 Å². The Morgan fingerprint density at radius 1 is 1.64 bits per heavy atom. The molecule has 1 saturated heterocycles. The van der Waals surface area contributed by atoms with Gasteiger partial charge in [-0.05, 0) is 33.1 Å². The molecular formula is C10H19NO3. The maximum absolute atomic E-state index is 11.2. The van der Waals surface area contributed by atoms with Gasteiger partial charge in [-0.15, -0.1) is 0 Å². The maximum atomic E-state index is 11.2. The second kappa shape index (κ2) is 4.75. The molecule has 1 atom stereocenters. The van der Waals surface area contributed by atoms with Gasteiger partial charge in [-0.1, -0.05) is 0 Å². The van der Waals surface area contributed by atoms with Crippen molar-refractivity contribution < 1.29 is 14.6 Å². The molecule has 4 heteroatoms. The molecule has 4 nitrogen and oxygen atoms in total. The normalized spacial score (nSPS) is 22.4. The molecule has 1 aliphatic heterocycles. The molecular weight excluding hydrogens is 182 g/mol. The van der Waals surface area contributed by atoms with Crippen molar-refractivity contribution in [2.45, 2.75) is 44.8 Å². The Balaban J connectivity index is 2.11. The van der Waals surface area contributed by atoms with Crippen molar-refractivity contribution >= 4 is 5.91 Å². The van der Waals surface area contributed by atoms with Gasteiger partial charge in [0.05, 0.1) is 6.10 Å². The molecule has 1 aliphatic rings. The van der Waals surface area contributed by atoms with E-state index in [1.807, 2.05) is 0 Å². The molecule has 2 N–H and O–H groups in total. The van der Waals surface area contributed by atoms with Crippen LogP contribution in [0.5, 0.6) is 0 Å². The zero-order valence-corrected chi connectivity index (χ0v) is 8.88. The Morgan fingerprint density at radius 3 is 2.86 bits per heavy atom. The lowest BCUT2D eigenvalue weighted by molar-refractivity contribution is -0.136. The largest absolute Gasteiger partial charge is 0.381 e. The van der Waals surface area contributed by atoms with Gasteiger partial charge in [-0.2, -0.15) is 0 Å². The molecule has 14 heavy (non-hydrogen) atoms. The van der Waals surface area contributed by atoms with Crippen LogP contribution in [0.25, 0.3) is 0 Å². The third-order valence-electron chi connectivity index (χ3n) is 2.33. The minimum atomic E-state index is -1.28. The molecule has 0 aliphatic carbocycles. The minimum absolute atomic E-state index is 0.289. The van der Waals surface area contributed by atoms with Crippen molar-refractivity contribution in [1.29, 1.82) is 0 Å². The van der Waals surface area contributed by atoms with Crippen molar-refractivity contribution in [2.75, 3.05) is 13.2 Å². The number of hydrogen-bond donors (Lipinski definition) is 2. The highest BCUT2D eigenvalue weighted by Crippen LogP contribution is 2.14. The average molecular weight is 201 g/mol. The smallest absolute Gasteiger partial charge is 0.251 e. The first-order chi connectivity index (χ1) is 6.50. The molecule has 0 bridgehead atoms. The fourth-order valence-electron chi connectivity index (χ4n) is 1.44. The van der Waals surface area contributed by atoms with Gasteiger partial charge in [0.2, 0.25) is 0 Å². The van der Waals surface area contributed by atoms with Gasteiger partial charge in [-0.25, -0.2) is 0 Å². The van der Waals surface area contributed by atoms with Gasteiger partial charge in [0, 0.05) is 13.2 Å². The summed E-state index contributed by atoms with van der Waals surface area (Å²) < 4.78 is 5.41. The summed E-state index contributed by atoms with van der Waals surface area (Å²) in [6, 6.07) is 0. The zero-order chi connectivity index (χ0) is 10.6. The van der Waals surface area contributed by atoms with E-state index in [1.165, 1.54) is 13.8 Å². The summed E-state index contributed by atoms with van der Waals surface area (Å²) in [5, 5.41) is 12.0. The van der Waals surface area contributed by atoms with Crippen molar-refractivity contribution in [2.24, 2.45) is 0 Å². The Kier molecular flexibility index (Phi) is 3.89. The van der Waals surface area contributed by atoms with Crippen LogP contribution in [0.1, 0.15) is 33.1 Å². The summed E-state index contributed by atoms with van der Waals surface area (Å²) in [5.74, 6) is -0.324. The molecule has 82 valence electrons. The first-order valence-corrected chi connectivity index (χ1v) is 5.12. The summed E-state index contributed by atoms with van der Waals surface area (Å²) in [4.78, 5) is 11.2. The van der Waals surface area contributed by atoms with Gasteiger partial charge in [0.25, 0.3) is 5.91 Å². The zero-order valence-electron chi connectivity index (χ0n) is 8.88. The second-order valence-corrected chi connectivity index (χ2v) is 4.24. The predicted octanol–water partition coefficient (Wildman–Crippen LogP) is 0.443. The van der Waals surface area contributed by atoms with E-state index in [9.17, 15) is 9.90 Å². The summed E-state index contributed by atoms with van der Waals surface area (Å²) in [6.07, 6.45) is 3.32. The van der Waals surface area contributed by atoms with Crippen LogP contribution in [-0.2, 0) is 9.53 Å². The number of amides is 1. The van der Waals surface area contributed by atoms with E-state index in [0.29, 0.717) is 6.54 Å². The van der Waals surface area contributed by atoms with E-state index in [0.717, 1.165) is 25.9 Å². The number of rotatable bonds is 4. The van der Waals surface area contributed by atoms with Gasteiger partial charge < -0.3 is 15.2 Å². The molecule has 1 rings (SSSR count). The lowest BCUT2D eigenvalue weighted by Gasteiger charge is -2.17. The molecule has 0 radical (unpaired) electrons. The van der Waals surface area contributed by atoms with Gasteiger partial charge in [0.15, 0.2) is 0 Å². The number of hydrogen-bond acceptors (Lipinski definition) is 3. The maximum Gasteiger partial charge on any atom is 0.251 e. The Bertz CT molecular complexity index is 192. The summed E-state index contributed by atoms with van der Waals surface area (Å²) >= 11 is 0. The SMILES string of the molecule is CC(C)(O)C(=O)NCCC1CCCO1. The van der Waals surface area contributed by atoms with Crippen LogP contribution in [0.3, 0.4) is 0 Å². The molecule has 1 fully saturated rings. The van der Waals surface area contributed by atoms with Gasteiger partial charge in [-0.3, -0.25) is 4.79 Å².